The topological polar surface area (TPSA) is 35.5 Å². The summed E-state index contributed by atoms with van der Waals surface area (Å²) in [6, 6.07) is 2.02. The van der Waals surface area contributed by atoms with Crippen molar-refractivity contribution in [3.05, 3.63) is 23.8 Å². The maximum Gasteiger partial charge on any atom is 0.314 e. The summed E-state index contributed by atoms with van der Waals surface area (Å²) in [5.41, 5.74) is 0. The molecule has 5 heteroatoms. The Hall–Kier alpha value is -1.65. The molecule has 30 heavy (non-hydrogen) atoms. The van der Waals surface area contributed by atoms with Crippen molar-refractivity contribution < 1.29 is 23.0 Å². The van der Waals surface area contributed by atoms with Crippen molar-refractivity contribution in [3.8, 4) is 11.5 Å². The highest BCUT2D eigenvalue weighted by molar-refractivity contribution is 5.75. The molecule has 0 heterocycles. The SMILES string of the molecule is COc1c(F)cc(OC(=O)C2CCC(C3CCC4CC(C)CCC4C3)CC2)cc1F. The zero-order valence-corrected chi connectivity index (χ0v) is 18.2. The summed E-state index contributed by atoms with van der Waals surface area (Å²) in [6.45, 7) is 2.40. The number of fused-ring (bicyclic) bond motifs is 1. The van der Waals surface area contributed by atoms with Crippen LogP contribution in [0.15, 0.2) is 12.1 Å². The van der Waals surface area contributed by atoms with Crippen LogP contribution in [0.25, 0.3) is 0 Å². The fourth-order valence-electron chi connectivity index (χ4n) is 6.40. The van der Waals surface area contributed by atoms with Crippen molar-refractivity contribution in [1.29, 1.82) is 0 Å². The molecule has 0 aromatic heterocycles. The third kappa shape index (κ3) is 4.65. The van der Waals surface area contributed by atoms with Crippen LogP contribution in [0.3, 0.4) is 0 Å². The second-order valence-electron chi connectivity index (χ2n) is 9.96. The van der Waals surface area contributed by atoms with Crippen molar-refractivity contribution in [3.63, 3.8) is 0 Å². The van der Waals surface area contributed by atoms with Crippen molar-refractivity contribution >= 4 is 5.97 Å². The molecule has 4 rings (SSSR count). The number of esters is 1. The Morgan fingerprint density at radius 1 is 0.833 bits per heavy atom. The molecule has 0 saturated heterocycles. The van der Waals surface area contributed by atoms with Gasteiger partial charge in [0.15, 0.2) is 17.4 Å². The number of hydrogen-bond donors (Lipinski definition) is 0. The molecule has 0 spiro atoms. The molecule has 166 valence electrons. The molecular weight excluding hydrogens is 386 g/mol. The molecule has 4 unspecified atom stereocenters. The van der Waals surface area contributed by atoms with Gasteiger partial charge in [0.2, 0.25) is 0 Å². The summed E-state index contributed by atoms with van der Waals surface area (Å²) < 4.78 is 37.7. The Kier molecular flexibility index (Phi) is 6.64. The Labute approximate surface area is 178 Å². The highest BCUT2D eigenvalue weighted by atomic mass is 19.1. The number of hydrogen-bond acceptors (Lipinski definition) is 3. The minimum Gasteiger partial charge on any atom is -0.491 e. The molecule has 3 nitrogen and oxygen atoms in total. The first-order valence-corrected chi connectivity index (χ1v) is 11.7. The third-order valence-electron chi connectivity index (χ3n) is 8.08. The van der Waals surface area contributed by atoms with Crippen LogP contribution >= 0.6 is 0 Å². The minimum atomic E-state index is -0.864. The van der Waals surface area contributed by atoms with Crippen LogP contribution in [0.4, 0.5) is 8.78 Å². The zero-order valence-electron chi connectivity index (χ0n) is 18.2. The maximum atomic E-state index is 13.8. The van der Waals surface area contributed by atoms with E-state index < -0.39 is 17.4 Å². The van der Waals surface area contributed by atoms with E-state index in [1.54, 1.807) is 0 Å². The summed E-state index contributed by atoms with van der Waals surface area (Å²) in [5.74, 6) is 1.45. The van der Waals surface area contributed by atoms with Gasteiger partial charge >= 0.3 is 5.97 Å². The molecule has 3 fully saturated rings. The fourth-order valence-corrected chi connectivity index (χ4v) is 6.40. The van der Waals surface area contributed by atoms with Crippen molar-refractivity contribution in [2.24, 2.45) is 35.5 Å². The molecule has 3 aliphatic carbocycles. The molecule has 3 saturated carbocycles. The molecule has 1 aromatic carbocycles. The summed E-state index contributed by atoms with van der Waals surface area (Å²) >= 11 is 0. The first-order valence-electron chi connectivity index (χ1n) is 11.7. The lowest BCUT2D eigenvalue weighted by molar-refractivity contribution is -0.140. The Bertz CT molecular complexity index is 734. The number of carbonyl (C=O) groups excluding carboxylic acids is 1. The molecule has 0 N–H and O–H groups in total. The lowest BCUT2D eigenvalue weighted by atomic mass is 9.61. The van der Waals surface area contributed by atoms with Gasteiger partial charge in [-0.25, -0.2) is 8.78 Å². The van der Waals surface area contributed by atoms with Gasteiger partial charge in [0.25, 0.3) is 0 Å². The van der Waals surface area contributed by atoms with Gasteiger partial charge in [-0.15, -0.1) is 0 Å². The number of halogens is 2. The fraction of sp³-hybridized carbons (Fsp3) is 0.720. The maximum absolute atomic E-state index is 13.8. The number of methoxy groups -OCH3 is 1. The lowest BCUT2D eigenvalue weighted by Crippen LogP contribution is -2.35. The van der Waals surface area contributed by atoms with Crippen molar-refractivity contribution in [2.45, 2.75) is 71.1 Å². The third-order valence-corrected chi connectivity index (χ3v) is 8.08. The Morgan fingerprint density at radius 3 is 2.00 bits per heavy atom. The van der Waals surface area contributed by atoms with Crippen LogP contribution in [0.1, 0.15) is 71.1 Å². The van der Waals surface area contributed by atoms with E-state index in [0.717, 1.165) is 61.5 Å². The number of ether oxygens (including phenoxy) is 2. The van der Waals surface area contributed by atoms with Crippen LogP contribution in [0.2, 0.25) is 0 Å². The molecule has 0 radical (unpaired) electrons. The van der Waals surface area contributed by atoms with Crippen molar-refractivity contribution in [1.82, 2.24) is 0 Å². The quantitative estimate of drug-likeness (QED) is 0.410. The first-order chi connectivity index (χ1) is 14.4. The van der Waals surface area contributed by atoms with Crippen LogP contribution in [-0.4, -0.2) is 13.1 Å². The largest absolute Gasteiger partial charge is 0.491 e. The predicted octanol–water partition coefficient (Wildman–Crippen LogP) is 6.54. The standard InChI is InChI=1S/C25H34F2O3/c1-15-3-4-20-12-19(10-9-18(20)11-15)16-5-7-17(8-6-16)25(28)30-21-13-22(26)24(29-2)23(27)14-21/h13-20H,3-12H2,1-2H3. The van der Waals surface area contributed by atoms with E-state index >= 15 is 0 Å². The normalized spacial score (nSPS) is 34.1. The molecule has 0 bridgehead atoms. The molecule has 1 aromatic rings. The average molecular weight is 421 g/mol. The van der Waals surface area contributed by atoms with E-state index in [1.165, 1.54) is 45.6 Å². The van der Waals surface area contributed by atoms with E-state index in [0.29, 0.717) is 5.92 Å². The summed E-state index contributed by atoms with van der Waals surface area (Å²) in [5, 5.41) is 0. The Balaban J connectivity index is 1.28. The summed E-state index contributed by atoms with van der Waals surface area (Å²) in [7, 11) is 1.20. The molecule has 0 amide bonds. The van der Waals surface area contributed by atoms with Crippen molar-refractivity contribution in [2.75, 3.05) is 7.11 Å². The average Bonchev–Trinajstić information content (AvgIpc) is 2.73. The summed E-state index contributed by atoms with van der Waals surface area (Å²) in [6.07, 6.45) is 12.1. The smallest absolute Gasteiger partial charge is 0.314 e. The molecule has 4 atom stereocenters. The molecular formula is C25H34F2O3. The second-order valence-corrected chi connectivity index (χ2v) is 9.96. The molecule has 3 aliphatic rings. The van der Waals surface area contributed by atoms with Gasteiger partial charge in [0.05, 0.1) is 13.0 Å². The van der Waals surface area contributed by atoms with Crippen LogP contribution in [0, 0.1) is 47.1 Å². The number of rotatable bonds is 4. The van der Waals surface area contributed by atoms with E-state index in [-0.39, 0.29) is 17.6 Å². The second kappa shape index (κ2) is 9.23. The zero-order chi connectivity index (χ0) is 21.3. The van der Waals surface area contributed by atoms with Gasteiger partial charge in [-0.3, -0.25) is 4.79 Å². The van der Waals surface area contributed by atoms with Gasteiger partial charge in [0, 0.05) is 12.1 Å². The van der Waals surface area contributed by atoms with E-state index in [9.17, 15) is 13.6 Å². The highest BCUT2D eigenvalue weighted by Crippen LogP contribution is 2.49. The van der Waals surface area contributed by atoms with Gasteiger partial charge in [-0.1, -0.05) is 13.3 Å². The number of benzene rings is 1. The van der Waals surface area contributed by atoms with E-state index in [1.807, 2.05) is 0 Å². The monoisotopic (exact) mass is 420 g/mol. The lowest BCUT2D eigenvalue weighted by Gasteiger charge is -2.44. The van der Waals surface area contributed by atoms with E-state index in [2.05, 4.69) is 11.7 Å². The van der Waals surface area contributed by atoms with Crippen LogP contribution in [0.5, 0.6) is 11.5 Å². The highest BCUT2D eigenvalue weighted by Gasteiger charge is 2.39. The first kappa shape index (κ1) is 21.6. The van der Waals surface area contributed by atoms with E-state index in [4.69, 9.17) is 4.74 Å². The number of carbonyl (C=O) groups is 1. The van der Waals surface area contributed by atoms with Gasteiger partial charge < -0.3 is 9.47 Å². The van der Waals surface area contributed by atoms with Gasteiger partial charge in [-0.2, -0.15) is 0 Å². The van der Waals surface area contributed by atoms with Gasteiger partial charge in [-0.05, 0) is 87.4 Å². The van der Waals surface area contributed by atoms with Gasteiger partial charge in [0.1, 0.15) is 5.75 Å². The van der Waals surface area contributed by atoms with Crippen LogP contribution in [-0.2, 0) is 4.79 Å². The van der Waals surface area contributed by atoms with Crippen LogP contribution < -0.4 is 9.47 Å². The predicted molar refractivity (Wildman–Crippen MR) is 111 cm³/mol. The molecule has 0 aliphatic heterocycles. The summed E-state index contributed by atoms with van der Waals surface area (Å²) in [4.78, 5) is 12.5. The minimum absolute atomic E-state index is 0.0947. The Morgan fingerprint density at radius 2 is 1.37 bits per heavy atom.